The zero-order valence-corrected chi connectivity index (χ0v) is 10.6. The molecule has 0 saturated carbocycles. The standard InChI is InChI=1S/C10H13N5O2S/c1-15(7-8-5-13-14-6-8)18(16,17)10-9(11)3-2-4-12-10/h2-6H,7,11H2,1H3,(H,13,14). The molecule has 0 amide bonds. The second-order valence-corrected chi connectivity index (χ2v) is 5.73. The number of hydrogen-bond donors (Lipinski definition) is 2. The van der Waals surface area contributed by atoms with Gasteiger partial charge in [-0.15, -0.1) is 0 Å². The normalized spacial score (nSPS) is 11.9. The summed E-state index contributed by atoms with van der Waals surface area (Å²) in [5, 5.41) is 6.26. The van der Waals surface area contributed by atoms with Crippen LogP contribution in [0, 0.1) is 0 Å². The van der Waals surface area contributed by atoms with E-state index in [1.165, 1.54) is 23.6 Å². The molecule has 7 nitrogen and oxygen atoms in total. The van der Waals surface area contributed by atoms with Gasteiger partial charge in [-0.2, -0.15) is 9.40 Å². The van der Waals surface area contributed by atoms with Crippen LogP contribution < -0.4 is 5.73 Å². The highest BCUT2D eigenvalue weighted by molar-refractivity contribution is 7.89. The highest BCUT2D eigenvalue weighted by Gasteiger charge is 2.24. The van der Waals surface area contributed by atoms with Gasteiger partial charge in [0.05, 0.1) is 11.9 Å². The molecule has 0 spiro atoms. The molecule has 0 aliphatic rings. The highest BCUT2D eigenvalue weighted by atomic mass is 32.2. The smallest absolute Gasteiger partial charge is 0.262 e. The van der Waals surface area contributed by atoms with E-state index in [-0.39, 0.29) is 17.3 Å². The minimum Gasteiger partial charge on any atom is -0.396 e. The van der Waals surface area contributed by atoms with Gasteiger partial charge in [-0.25, -0.2) is 13.4 Å². The first kappa shape index (κ1) is 12.5. The number of nitrogen functional groups attached to an aromatic ring is 1. The molecule has 8 heteroatoms. The maximum Gasteiger partial charge on any atom is 0.262 e. The van der Waals surface area contributed by atoms with E-state index in [0.717, 1.165) is 5.56 Å². The molecular formula is C10H13N5O2S. The Balaban J connectivity index is 2.29. The third-order valence-corrected chi connectivity index (χ3v) is 4.19. The van der Waals surface area contributed by atoms with Crippen molar-refractivity contribution in [2.75, 3.05) is 12.8 Å². The lowest BCUT2D eigenvalue weighted by atomic mass is 10.4. The lowest BCUT2D eigenvalue weighted by Gasteiger charge is -2.16. The number of rotatable bonds is 4. The van der Waals surface area contributed by atoms with Crippen molar-refractivity contribution in [3.8, 4) is 0 Å². The van der Waals surface area contributed by atoms with Gasteiger partial charge in [0, 0.05) is 31.5 Å². The zero-order chi connectivity index (χ0) is 13.2. The van der Waals surface area contributed by atoms with E-state index < -0.39 is 10.0 Å². The average molecular weight is 267 g/mol. The maximum atomic E-state index is 12.2. The molecular weight excluding hydrogens is 254 g/mol. The summed E-state index contributed by atoms with van der Waals surface area (Å²) in [6.07, 6.45) is 4.59. The number of aromatic amines is 1. The van der Waals surface area contributed by atoms with Crippen molar-refractivity contribution in [2.45, 2.75) is 11.6 Å². The molecule has 0 radical (unpaired) electrons. The van der Waals surface area contributed by atoms with Gasteiger partial charge in [-0.1, -0.05) is 0 Å². The van der Waals surface area contributed by atoms with Crippen LogP contribution in [-0.2, 0) is 16.6 Å². The molecule has 0 bridgehead atoms. The molecule has 96 valence electrons. The van der Waals surface area contributed by atoms with Crippen LogP contribution in [0.15, 0.2) is 35.7 Å². The van der Waals surface area contributed by atoms with Gasteiger partial charge in [-0.3, -0.25) is 5.10 Å². The number of pyridine rings is 1. The summed E-state index contributed by atoms with van der Waals surface area (Å²) in [6, 6.07) is 3.09. The van der Waals surface area contributed by atoms with E-state index in [1.807, 2.05) is 0 Å². The lowest BCUT2D eigenvalue weighted by molar-refractivity contribution is 0.464. The second kappa shape index (κ2) is 4.75. The van der Waals surface area contributed by atoms with Crippen LogP contribution in [0.4, 0.5) is 5.69 Å². The fraction of sp³-hybridized carbons (Fsp3) is 0.200. The van der Waals surface area contributed by atoms with Gasteiger partial charge in [0.25, 0.3) is 10.0 Å². The van der Waals surface area contributed by atoms with Crippen molar-refractivity contribution in [3.63, 3.8) is 0 Å². The second-order valence-electron chi connectivity index (χ2n) is 3.77. The number of nitrogens with one attached hydrogen (secondary N) is 1. The number of hydrogen-bond acceptors (Lipinski definition) is 5. The maximum absolute atomic E-state index is 12.2. The Hall–Kier alpha value is -1.93. The summed E-state index contributed by atoms with van der Waals surface area (Å²) >= 11 is 0. The molecule has 0 atom stereocenters. The third-order valence-electron chi connectivity index (χ3n) is 2.42. The highest BCUT2D eigenvalue weighted by Crippen LogP contribution is 2.19. The Morgan fingerprint density at radius 3 is 2.89 bits per heavy atom. The van der Waals surface area contributed by atoms with Crippen molar-refractivity contribution < 1.29 is 8.42 Å². The fourth-order valence-corrected chi connectivity index (χ4v) is 2.65. The van der Waals surface area contributed by atoms with E-state index in [0.29, 0.717) is 0 Å². The van der Waals surface area contributed by atoms with E-state index in [2.05, 4.69) is 15.2 Å². The quantitative estimate of drug-likeness (QED) is 0.823. The van der Waals surface area contributed by atoms with Crippen molar-refractivity contribution >= 4 is 15.7 Å². The number of nitrogens with zero attached hydrogens (tertiary/aromatic N) is 3. The summed E-state index contributed by atoms with van der Waals surface area (Å²) < 4.78 is 25.6. The van der Waals surface area contributed by atoms with Gasteiger partial charge in [0.1, 0.15) is 0 Å². The van der Waals surface area contributed by atoms with Crippen LogP contribution in [0.5, 0.6) is 0 Å². The monoisotopic (exact) mass is 267 g/mol. The third kappa shape index (κ3) is 2.34. The summed E-state index contributed by atoms with van der Waals surface area (Å²) in [5.74, 6) is 0. The molecule has 18 heavy (non-hydrogen) atoms. The lowest BCUT2D eigenvalue weighted by Crippen LogP contribution is -2.27. The molecule has 3 N–H and O–H groups in total. The topological polar surface area (TPSA) is 105 Å². The first-order valence-corrected chi connectivity index (χ1v) is 6.60. The minimum atomic E-state index is -3.69. The first-order chi connectivity index (χ1) is 8.51. The number of sulfonamides is 1. The van der Waals surface area contributed by atoms with Crippen LogP contribution in [0.2, 0.25) is 0 Å². The van der Waals surface area contributed by atoms with E-state index >= 15 is 0 Å². The Bertz CT molecular complexity index is 623. The molecule has 2 rings (SSSR count). The summed E-state index contributed by atoms with van der Waals surface area (Å²) in [4.78, 5) is 3.82. The van der Waals surface area contributed by atoms with Crippen LogP contribution >= 0.6 is 0 Å². The summed E-state index contributed by atoms with van der Waals surface area (Å²) in [6.45, 7) is 0.203. The van der Waals surface area contributed by atoms with Crippen molar-refractivity contribution in [1.29, 1.82) is 0 Å². The van der Waals surface area contributed by atoms with Crippen molar-refractivity contribution in [2.24, 2.45) is 0 Å². The Labute approximate surface area is 105 Å². The molecule has 2 heterocycles. The van der Waals surface area contributed by atoms with E-state index in [1.54, 1.807) is 18.5 Å². The Morgan fingerprint density at radius 2 is 2.28 bits per heavy atom. The van der Waals surface area contributed by atoms with Gasteiger partial charge in [0.2, 0.25) is 0 Å². The summed E-state index contributed by atoms with van der Waals surface area (Å²) in [7, 11) is -2.22. The van der Waals surface area contributed by atoms with Gasteiger partial charge >= 0.3 is 0 Å². The molecule has 0 fully saturated rings. The Morgan fingerprint density at radius 1 is 1.50 bits per heavy atom. The fourth-order valence-electron chi connectivity index (χ4n) is 1.47. The molecule has 0 aliphatic carbocycles. The zero-order valence-electron chi connectivity index (χ0n) is 9.74. The molecule has 2 aromatic rings. The number of H-pyrrole nitrogens is 1. The molecule has 2 aromatic heterocycles. The van der Waals surface area contributed by atoms with Crippen LogP contribution in [0.3, 0.4) is 0 Å². The van der Waals surface area contributed by atoms with Crippen molar-refractivity contribution in [1.82, 2.24) is 19.5 Å². The van der Waals surface area contributed by atoms with Crippen LogP contribution in [-0.4, -0.2) is 35.0 Å². The number of aromatic nitrogens is 3. The average Bonchev–Trinajstić information content (AvgIpc) is 2.82. The van der Waals surface area contributed by atoms with Gasteiger partial charge < -0.3 is 5.73 Å². The molecule has 0 aliphatic heterocycles. The Kier molecular flexibility index (Phi) is 3.30. The predicted octanol–water partition coefficient (Wildman–Crippen LogP) is 0.208. The van der Waals surface area contributed by atoms with Crippen LogP contribution in [0.25, 0.3) is 0 Å². The van der Waals surface area contributed by atoms with Gasteiger partial charge in [-0.05, 0) is 12.1 Å². The van der Waals surface area contributed by atoms with Gasteiger partial charge in [0.15, 0.2) is 5.03 Å². The molecule has 0 aromatic carbocycles. The number of anilines is 1. The van der Waals surface area contributed by atoms with Crippen molar-refractivity contribution in [3.05, 3.63) is 36.3 Å². The predicted molar refractivity (Wildman–Crippen MR) is 65.9 cm³/mol. The van der Waals surface area contributed by atoms with Crippen LogP contribution in [0.1, 0.15) is 5.56 Å². The molecule has 0 unspecified atom stereocenters. The van der Waals surface area contributed by atoms with E-state index in [9.17, 15) is 8.42 Å². The minimum absolute atomic E-state index is 0.129. The molecule has 0 saturated heterocycles. The van der Waals surface area contributed by atoms with E-state index in [4.69, 9.17) is 5.73 Å². The summed E-state index contributed by atoms with van der Waals surface area (Å²) in [5.41, 5.74) is 6.53. The first-order valence-electron chi connectivity index (χ1n) is 5.16. The number of nitrogens with two attached hydrogens (primary N) is 1. The largest absolute Gasteiger partial charge is 0.396 e. The SMILES string of the molecule is CN(Cc1cn[nH]c1)S(=O)(=O)c1ncccc1N.